The van der Waals surface area contributed by atoms with Crippen molar-refractivity contribution in [1.29, 1.82) is 0 Å². The molecule has 0 bridgehead atoms. The molecule has 34 heavy (non-hydrogen) atoms. The van der Waals surface area contributed by atoms with Crippen molar-refractivity contribution in [3.8, 4) is 0 Å². The van der Waals surface area contributed by atoms with E-state index in [1.54, 1.807) is 6.92 Å². The van der Waals surface area contributed by atoms with E-state index in [0.717, 1.165) is 16.4 Å². The van der Waals surface area contributed by atoms with Crippen LogP contribution in [0.4, 0.5) is 30.2 Å². The number of anilines is 3. The van der Waals surface area contributed by atoms with Crippen molar-refractivity contribution >= 4 is 55.8 Å². The maximum absolute atomic E-state index is 14.6. The van der Waals surface area contributed by atoms with Gasteiger partial charge in [-0.25, -0.2) is 13.2 Å². The molecule has 0 aromatic heterocycles. The lowest BCUT2D eigenvalue weighted by atomic mass is 9.80. The van der Waals surface area contributed by atoms with E-state index in [4.69, 9.17) is 4.74 Å². The lowest BCUT2D eigenvalue weighted by Crippen LogP contribution is -2.50. The zero-order valence-electron chi connectivity index (χ0n) is 18.1. The van der Waals surface area contributed by atoms with Crippen molar-refractivity contribution in [2.45, 2.75) is 19.8 Å². The molecule has 1 heterocycles. The van der Waals surface area contributed by atoms with Gasteiger partial charge in [0.2, 0.25) is 0 Å². The molecule has 0 unspecified atom stereocenters. The Morgan fingerprint density at radius 2 is 1.79 bits per heavy atom. The highest BCUT2D eigenvalue weighted by molar-refractivity contribution is 14.1. The molecule has 0 spiro atoms. The quantitative estimate of drug-likeness (QED) is 0.310. The van der Waals surface area contributed by atoms with E-state index in [-0.39, 0.29) is 43.9 Å². The Morgan fingerprint density at radius 1 is 1.15 bits per heavy atom. The fraction of sp³-hybridized carbons (Fsp3) is 0.381. The van der Waals surface area contributed by atoms with Crippen molar-refractivity contribution < 1.29 is 36.2 Å². The van der Waals surface area contributed by atoms with Gasteiger partial charge < -0.3 is 15.2 Å². The first-order valence-electron chi connectivity index (χ1n) is 10.3. The van der Waals surface area contributed by atoms with Crippen LogP contribution in [0.15, 0.2) is 30.3 Å². The Kier molecular flexibility index (Phi) is 8.31. The number of hydrogen-bond acceptors (Lipinski definition) is 6. The second-order valence-electron chi connectivity index (χ2n) is 7.70. The van der Waals surface area contributed by atoms with Gasteiger partial charge in [-0.05, 0) is 72.7 Å². The number of hydrogen-bond donors (Lipinski definition) is 3. The largest absolute Gasteiger partial charge is 0.465 e. The minimum absolute atomic E-state index is 0.0139. The molecule has 1 fully saturated rings. The van der Waals surface area contributed by atoms with Gasteiger partial charge >= 0.3 is 16.2 Å². The topological polar surface area (TPSA) is 108 Å². The monoisotopic (exact) mass is 613 g/mol. The van der Waals surface area contributed by atoms with Crippen molar-refractivity contribution in [1.82, 2.24) is 4.31 Å². The van der Waals surface area contributed by atoms with Crippen molar-refractivity contribution in [2.75, 3.05) is 36.3 Å². The van der Waals surface area contributed by atoms with Gasteiger partial charge in [-0.3, -0.25) is 9.52 Å². The molecule has 2 aromatic rings. The summed E-state index contributed by atoms with van der Waals surface area (Å²) in [6.07, 6.45) is 0.0278. The van der Waals surface area contributed by atoms with E-state index < -0.39 is 51.3 Å². The first-order valence-corrected chi connectivity index (χ1v) is 12.8. The summed E-state index contributed by atoms with van der Waals surface area (Å²) in [6, 6.07) is 5.79. The number of carbonyl (C=O) groups excluding carboxylic acids is 1. The third kappa shape index (κ3) is 5.58. The summed E-state index contributed by atoms with van der Waals surface area (Å²) in [5.41, 5.74) is -2.30. The molecule has 186 valence electrons. The number of benzene rings is 2. The first-order chi connectivity index (χ1) is 16.0. The summed E-state index contributed by atoms with van der Waals surface area (Å²) < 4.78 is 77.5. The normalized spacial score (nSPS) is 16.2. The van der Waals surface area contributed by atoms with E-state index >= 15 is 0 Å². The highest BCUT2D eigenvalue weighted by atomic mass is 127. The van der Waals surface area contributed by atoms with E-state index in [2.05, 4.69) is 10.0 Å². The summed E-state index contributed by atoms with van der Waals surface area (Å²) in [6.45, 7) is 1.02. The Labute approximate surface area is 208 Å². The van der Waals surface area contributed by atoms with Gasteiger partial charge in [-0.1, -0.05) is 0 Å². The van der Waals surface area contributed by atoms with Gasteiger partial charge in [-0.15, -0.1) is 0 Å². The summed E-state index contributed by atoms with van der Waals surface area (Å²) >= 11 is 1.88. The van der Waals surface area contributed by atoms with Gasteiger partial charge in [0.15, 0.2) is 11.6 Å². The van der Waals surface area contributed by atoms with Gasteiger partial charge in [0, 0.05) is 16.7 Å². The zero-order chi connectivity index (χ0) is 25.1. The van der Waals surface area contributed by atoms with Crippen LogP contribution < -0.4 is 10.0 Å². The number of nitrogens with zero attached hydrogens (tertiary/aromatic N) is 1. The SMILES string of the molecule is CCOC(=O)C1(CO)CCN(S(=O)(=O)Nc2ccc(F)c(F)c2Nc2ccc(I)cc2F)CC1. The average molecular weight is 613 g/mol. The van der Waals surface area contributed by atoms with E-state index in [1.165, 1.54) is 18.2 Å². The third-order valence-electron chi connectivity index (χ3n) is 5.56. The molecule has 0 atom stereocenters. The molecule has 1 saturated heterocycles. The van der Waals surface area contributed by atoms with Crippen LogP contribution in [0.25, 0.3) is 0 Å². The number of aliphatic hydroxyl groups is 1. The predicted octanol–water partition coefficient (Wildman–Crippen LogP) is 3.75. The van der Waals surface area contributed by atoms with E-state index in [9.17, 15) is 31.5 Å². The summed E-state index contributed by atoms with van der Waals surface area (Å²) in [5, 5.41) is 12.2. The number of rotatable bonds is 8. The fourth-order valence-electron chi connectivity index (χ4n) is 3.55. The van der Waals surface area contributed by atoms with Crippen molar-refractivity contribution in [2.24, 2.45) is 5.41 Å². The van der Waals surface area contributed by atoms with Crippen LogP contribution in [0.5, 0.6) is 0 Å². The Bertz CT molecular complexity index is 1170. The number of halogens is 4. The minimum Gasteiger partial charge on any atom is -0.465 e. The molecular weight excluding hydrogens is 590 g/mol. The Balaban J connectivity index is 1.84. The zero-order valence-corrected chi connectivity index (χ0v) is 21.1. The number of aliphatic hydroxyl groups excluding tert-OH is 1. The minimum atomic E-state index is -4.27. The van der Waals surface area contributed by atoms with E-state index in [0.29, 0.717) is 3.57 Å². The van der Waals surface area contributed by atoms with Crippen LogP contribution in [0.3, 0.4) is 0 Å². The highest BCUT2D eigenvalue weighted by Gasteiger charge is 2.44. The van der Waals surface area contributed by atoms with E-state index in [1.807, 2.05) is 22.6 Å². The van der Waals surface area contributed by atoms with Gasteiger partial charge in [0.1, 0.15) is 11.5 Å². The number of nitrogens with one attached hydrogen (secondary N) is 2. The third-order valence-corrected chi connectivity index (χ3v) is 7.75. The van der Waals surface area contributed by atoms with Gasteiger partial charge in [0.25, 0.3) is 0 Å². The summed E-state index contributed by atoms with van der Waals surface area (Å²) in [5.74, 6) is -3.98. The van der Waals surface area contributed by atoms with Crippen LogP contribution in [0.2, 0.25) is 0 Å². The first kappa shape index (κ1) is 26.5. The smallest absolute Gasteiger partial charge is 0.314 e. The highest BCUT2D eigenvalue weighted by Crippen LogP contribution is 2.36. The molecular formula is C21H23F3IN3O5S. The van der Waals surface area contributed by atoms with Crippen molar-refractivity contribution in [3.63, 3.8) is 0 Å². The average Bonchev–Trinajstić information content (AvgIpc) is 2.80. The maximum Gasteiger partial charge on any atom is 0.314 e. The number of ether oxygens (including phenoxy) is 1. The number of esters is 1. The molecule has 0 aliphatic carbocycles. The molecule has 3 rings (SSSR count). The molecule has 0 amide bonds. The van der Waals surface area contributed by atoms with Gasteiger partial charge in [0.05, 0.1) is 30.0 Å². The molecule has 1 aliphatic rings. The van der Waals surface area contributed by atoms with Crippen molar-refractivity contribution in [3.05, 3.63) is 51.4 Å². The fourth-order valence-corrected chi connectivity index (χ4v) is 5.25. The van der Waals surface area contributed by atoms with Crippen LogP contribution in [-0.2, 0) is 19.7 Å². The summed E-state index contributed by atoms with van der Waals surface area (Å²) in [7, 11) is -4.27. The van der Waals surface area contributed by atoms with Crippen LogP contribution in [0.1, 0.15) is 19.8 Å². The maximum atomic E-state index is 14.6. The molecule has 1 aliphatic heterocycles. The number of piperidine rings is 1. The lowest BCUT2D eigenvalue weighted by molar-refractivity contribution is -0.161. The second kappa shape index (κ2) is 10.7. The lowest BCUT2D eigenvalue weighted by Gasteiger charge is -2.38. The Hall–Kier alpha value is -2.10. The Morgan fingerprint density at radius 3 is 2.38 bits per heavy atom. The second-order valence-corrected chi connectivity index (χ2v) is 10.6. The molecule has 2 aromatic carbocycles. The van der Waals surface area contributed by atoms with Gasteiger partial charge in [-0.2, -0.15) is 12.7 Å². The summed E-state index contributed by atoms with van der Waals surface area (Å²) in [4.78, 5) is 12.3. The number of carbonyl (C=O) groups is 1. The predicted molar refractivity (Wildman–Crippen MR) is 128 cm³/mol. The molecule has 0 saturated carbocycles. The van der Waals surface area contributed by atoms with Crippen LogP contribution in [0, 0.1) is 26.4 Å². The molecule has 0 radical (unpaired) electrons. The van der Waals surface area contributed by atoms with Crippen LogP contribution in [-0.4, -0.2) is 50.1 Å². The molecule has 13 heteroatoms. The van der Waals surface area contributed by atoms with Crippen LogP contribution >= 0.6 is 22.6 Å². The standard InChI is InChI=1S/C21H23F3IN3O5S/c1-2-33-20(30)21(12-29)7-9-28(10-8-21)34(31,32)27-17-6-4-14(22)18(24)19(17)26-16-5-3-13(25)11-15(16)23/h3-6,11,26-27,29H,2,7-10,12H2,1H3. The molecule has 3 N–H and O–H groups in total. The molecule has 8 nitrogen and oxygen atoms in total.